The summed E-state index contributed by atoms with van der Waals surface area (Å²) >= 11 is 10.5. The molecule has 2 heterocycles. The third-order valence-corrected chi connectivity index (χ3v) is 3.90. The van der Waals surface area contributed by atoms with Crippen LogP contribution in [-0.4, -0.2) is 21.6 Å². The van der Waals surface area contributed by atoms with Gasteiger partial charge in [0.25, 0.3) is 5.17 Å². The van der Waals surface area contributed by atoms with Crippen LogP contribution in [0.25, 0.3) is 6.08 Å². The van der Waals surface area contributed by atoms with Gasteiger partial charge in [0, 0.05) is 19.0 Å². The van der Waals surface area contributed by atoms with Crippen molar-refractivity contribution >= 4 is 40.7 Å². The normalized spacial score (nSPS) is 17.1. The van der Waals surface area contributed by atoms with Crippen LogP contribution >= 0.6 is 24.4 Å². The van der Waals surface area contributed by atoms with E-state index < -0.39 is 0 Å². The van der Waals surface area contributed by atoms with Gasteiger partial charge in [0.05, 0.1) is 0 Å². The number of furan rings is 1. The van der Waals surface area contributed by atoms with Crippen molar-refractivity contribution in [2.45, 2.75) is 39.5 Å². The first-order chi connectivity index (χ1) is 9.65. The van der Waals surface area contributed by atoms with Gasteiger partial charge in [0.2, 0.25) is 0 Å². The summed E-state index contributed by atoms with van der Waals surface area (Å²) in [7, 11) is 0. The van der Waals surface area contributed by atoms with Gasteiger partial charge in [-0.05, 0) is 37.7 Å². The van der Waals surface area contributed by atoms with Crippen LogP contribution in [0.4, 0.5) is 0 Å². The molecule has 20 heavy (non-hydrogen) atoms. The summed E-state index contributed by atoms with van der Waals surface area (Å²) in [6.45, 7) is 4.90. The average Bonchev–Trinajstić information content (AvgIpc) is 2.96. The molecule has 5 heteroatoms. The van der Waals surface area contributed by atoms with E-state index in [9.17, 15) is 0 Å². The molecule has 0 saturated carbocycles. The van der Waals surface area contributed by atoms with Crippen LogP contribution in [0, 0.1) is 0 Å². The van der Waals surface area contributed by atoms with Gasteiger partial charge in [0.15, 0.2) is 10.7 Å². The van der Waals surface area contributed by atoms with Crippen LogP contribution in [0.2, 0.25) is 0 Å². The molecule has 0 radical (unpaired) electrons. The first-order valence-corrected chi connectivity index (χ1v) is 7.81. The first kappa shape index (κ1) is 15.2. The van der Waals surface area contributed by atoms with E-state index in [0.717, 1.165) is 30.9 Å². The second kappa shape index (κ2) is 6.99. The fourth-order valence-corrected chi connectivity index (χ4v) is 2.74. The number of likely N-dealkylation sites (N-methyl/N-ethyl adjacent to an activating group) is 1. The second-order valence-corrected chi connectivity index (χ2v) is 5.42. The molecule has 1 saturated heterocycles. The molecule has 0 spiro atoms. The minimum Gasteiger partial charge on any atom is -0.462 e. The summed E-state index contributed by atoms with van der Waals surface area (Å²) in [5.41, 5.74) is 0. The number of nitrogens with zero attached hydrogens (tertiary/aromatic N) is 1. The third kappa shape index (κ3) is 3.46. The molecular formula is C15H19NO2S2. The zero-order chi connectivity index (χ0) is 14.5. The van der Waals surface area contributed by atoms with Gasteiger partial charge >= 0.3 is 0 Å². The summed E-state index contributed by atoms with van der Waals surface area (Å²) in [6.07, 6.45) is 6.38. The largest absolute Gasteiger partial charge is 0.462 e. The van der Waals surface area contributed by atoms with Crippen molar-refractivity contribution in [1.82, 2.24) is 4.90 Å². The van der Waals surface area contributed by atoms with Gasteiger partial charge in [-0.25, -0.2) is 0 Å². The monoisotopic (exact) mass is 309 g/mol. The lowest BCUT2D eigenvalue weighted by Gasteiger charge is -2.09. The Bertz CT molecular complexity index is 534. The number of hydrogen-bond acceptors (Lipinski definition) is 4. The Kier molecular flexibility index (Phi) is 5.31. The first-order valence-electron chi connectivity index (χ1n) is 6.99. The van der Waals surface area contributed by atoms with Crippen LogP contribution in [0.1, 0.15) is 44.6 Å². The molecule has 1 aromatic heterocycles. The molecule has 1 fully saturated rings. The van der Waals surface area contributed by atoms with Crippen molar-refractivity contribution in [1.29, 1.82) is 0 Å². The smallest absolute Gasteiger partial charge is 0.270 e. The minimum absolute atomic E-state index is 0.415. The van der Waals surface area contributed by atoms with Gasteiger partial charge in [0.1, 0.15) is 11.5 Å². The zero-order valence-corrected chi connectivity index (χ0v) is 13.5. The van der Waals surface area contributed by atoms with Crippen LogP contribution in [0.15, 0.2) is 22.3 Å². The maximum atomic E-state index is 5.77. The molecule has 0 bridgehead atoms. The minimum atomic E-state index is 0.415. The Morgan fingerprint density at radius 2 is 2.00 bits per heavy atom. The second-order valence-electron chi connectivity index (χ2n) is 4.69. The fraction of sp³-hybridized carbons (Fsp3) is 0.467. The van der Waals surface area contributed by atoms with Crippen molar-refractivity contribution in [3.8, 4) is 0 Å². The molecule has 1 aromatic rings. The summed E-state index contributed by atoms with van der Waals surface area (Å²) in [4.78, 5) is 2.42. The fourth-order valence-electron chi connectivity index (χ4n) is 2.06. The van der Waals surface area contributed by atoms with Gasteiger partial charge in [-0.3, -0.25) is 4.90 Å². The Morgan fingerprint density at radius 1 is 1.20 bits per heavy atom. The molecule has 108 valence electrons. The number of ether oxygens (including phenoxy) is 1. The zero-order valence-electron chi connectivity index (χ0n) is 11.8. The number of thiocarbonyl (C=S) groups is 2. The highest BCUT2D eigenvalue weighted by atomic mass is 32.1. The number of aryl methyl sites for hydroxylation is 1. The van der Waals surface area contributed by atoms with E-state index in [1.54, 1.807) is 4.90 Å². The van der Waals surface area contributed by atoms with Crippen LogP contribution < -0.4 is 0 Å². The lowest BCUT2D eigenvalue weighted by Crippen LogP contribution is -2.26. The summed E-state index contributed by atoms with van der Waals surface area (Å²) in [5.74, 6) is 2.36. The van der Waals surface area contributed by atoms with Crippen molar-refractivity contribution < 1.29 is 9.15 Å². The van der Waals surface area contributed by atoms with Crippen molar-refractivity contribution in [2.24, 2.45) is 0 Å². The van der Waals surface area contributed by atoms with E-state index in [1.165, 1.54) is 12.8 Å². The summed E-state index contributed by atoms with van der Waals surface area (Å²) in [6, 6.07) is 3.95. The maximum Gasteiger partial charge on any atom is 0.270 e. The Labute approximate surface area is 130 Å². The SMILES string of the molecule is CCCCCc1ccc(/C=C2\OC(=S)N(CC)C2=S)o1. The predicted molar refractivity (Wildman–Crippen MR) is 88.6 cm³/mol. The van der Waals surface area contributed by atoms with E-state index in [2.05, 4.69) is 6.92 Å². The summed E-state index contributed by atoms with van der Waals surface area (Å²) < 4.78 is 11.3. The molecule has 1 aliphatic heterocycles. The molecule has 2 rings (SSSR count). The van der Waals surface area contributed by atoms with E-state index in [1.807, 2.05) is 25.1 Å². The van der Waals surface area contributed by atoms with Crippen molar-refractivity contribution in [3.63, 3.8) is 0 Å². The van der Waals surface area contributed by atoms with Crippen LogP contribution in [0.3, 0.4) is 0 Å². The lowest BCUT2D eigenvalue weighted by molar-refractivity contribution is 0.439. The lowest BCUT2D eigenvalue weighted by atomic mass is 10.2. The predicted octanol–water partition coefficient (Wildman–Crippen LogP) is 4.32. The molecule has 0 aromatic carbocycles. The van der Waals surface area contributed by atoms with Crippen molar-refractivity contribution in [3.05, 3.63) is 29.4 Å². The molecule has 3 nitrogen and oxygen atoms in total. The van der Waals surface area contributed by atoms with Crippen LogP contribution in [-0.2, 0) is 11.2 Å². The molecule has 0 amide bonds. The highest BCUT2D eigenvalue weighted by Crippen LogP contribution is 2.22. The van der Waals surface area contributed by atoms with E-state index >= 15 is 0 Å². The Hall–Kier alpha value is -1.20. The molecule has 0 atom stereocenters. The van der Waals surface area contributed by atoms with Crippen LogP contribution in [0.5, 0.6) is 0 Å². The summed E-state index contributed by atoms with van der Waals surface area (Å²) in [5, 5.41) is 0.415. The van der Waals surface area contributed by atoms with E-state index in [-0.39, 0.29) is 0 Å². The quantitative estimate of drug-likeness (QED) is 0.443. The highest BCUT2D eigenvalue weighted by Gasteiger charge is 2.28. The standard InChI is InChI=1S/C15H19NO2S2/c1-3-5-6-7-11-8-9-12(17-11)10-13-14(19)16(4-2)15(20)18-13/h8-10H,3-7H2,1-2H3/b13-10-. The van der Waals surface area contributed by atoms with Gasteiger partial charge < -0.3 is 9.15 Å². The average molecular weight is 309 g/mol. The maximum absolute atomic E-state index is 5.77. The molecule has 0 unspecified atom stereocenters. The number of unbranched alkanes of at least 4 members (excludes halogenated alkanes) is 2. The molecule has 0 aliphatic carbocycles. The molecule has 0 N–H and O–H groups in total. The Balaban J connectivity index is 2.04. The Morgan fingerprint density at radius 3 is 2.65 bits per heavy atom. The topological polar surface area (TPSA) is 25.6 Å². The molecular weight excluding hydrogens is 290 g/mol. The molecule has 1 aliphatic rings. The van der Waals surface area contributed by atoms with Gasteiger partial charge in [-0.2, -0.15) is 0 Å². The third-order valence-electron chi connectivity index (χ3n) is 3.17. The number of rotatable bonds is 6. The van der Waals surface area contributed by atoms with Crippen molar-refractivity contribution in [2.75, 3.05) is 6.54 Å². The van der Waals surface area contributed by atoms with Gasteiger partial charge in [-0.15, -0.1) is 0 Å². The van der Waals surface area contributed by atoms with E-state index in [4.69, 9.17) is 33.6 Å². The van der Waals surface area contributed by atoms with E-state index in [0.29, 0.717) is 15.9 Å². The van der Waals surface area contributed by atoms with Gasteiger partial charge in [-0.1, -0.05) is 32.0 Å². The highest BCUT2D eigenvalue weighted by molar-refractivity contribution is 7.82. The number of hydrogen-bond donors (Lipinski definition) is 0.